The fraction of sp³-hybridized carbons (Fsp3) is 0.250. The van der Waals surface area contributed by atoms with Gasteiger partial charge in [-0.2, -0.15) is 0 Å². The Bertz CT molecular complexity index is 485. The van der Waals surface area contributed by atoms with Gasteiger partial charge in [0, 0.05) is 18.7 Å². The molecule has 1 aromatic rings. The number of rotatable bonds is 6. The molecule has 0 bridgehead atoms. The maximum absolute atomic E-state index is 11.1. The summed E-state index contributed by atoms with van der Waals surface area (Å²) in [7, 11) is 0. The van der Waals surface area contributed by atoms with E-state index in [0.717, 1.165) is 0 Å². The number of hydrogen-bond acceptors (Lipinski definition) is 4. The van der Waals surface area contributed by atoms with E-state index in [0.29, 0.717) is 5.56 Å². The summed E-state index contributed by atoms with van der Waals surface area (Å²) in [6.07, 6.45) is 1.66. The van der Waals surface area contributed by atoms with Crippen LogP contribution in [0.2, 0.25) is 0 Å². The molecule has 6 nitrogen and oxygen atoms in total. The predicted octanol–water partition coefficient (Wildman–Crippen LogP) is 1.96. The van der Waals surface area contributed by atoms with Gasteiger partial charge in [0.25, 0.3) is 5.69 Å². The number of nitro groups is 1. The third kappa shape index (κ3) is 3.14. The minimum atomic E-state index is -1.30. The fourth-order valence-electron chi connectivity index (χ4n) is 1.49. The van der Waals surface area contributed by atoms with Gasteiger partial charge in [-0.3, -0.25) is 10.1 Å². The SMILES string of the molecule is C=CC(C)NCc1cccc([N+](=O)[O-])c1C(=O)O. The first-order valence-corrected chi connectivity index (χ1v) is 5.33. The normalized spacial score (nSPS) is 11.8. The summed E-state index contributed by atoms with van der Waals surface area (Å²) in [5.74, 6) is -1.30. The third-order valence-corrected chi connectivity index (χ3v) is 2.51. The molecule has 0 aromatic heterocycles. The Kier molecular flexibility index (Phi) is 4.56. The third-order valence-electron chi connectivity index (χ3n) is 2.51. The summed E-state index contributed by atoms with van der Waals surface area (Å²) >= 11 is 0. The lowest BCUT2D eigenvalue weighted by atomic mass is 10.1. The molecule has 96 valence electrons. The van der Waals surface area contributed by atoms with E-state index < -0.39 is 16.6 Å². The summed E-state index contributed by atoms with van der Waals surface area (Å²) in [6.45, 7) is 5.67. The van der Waals surface area contributed by atoms with Crippen molar-refractivity contribution in [2.75, 3.05) is 0 Å². The molecule has 0 saturated carbocycles. The highest BCUT2D eigenvalue weighted by atomic mass is 16.6. The van der Waals surface area contributed by atoms with E-state index in [-0.39, 0.29) is 18.2 Å². The molecule has 1 unspecified atom stereocenters. The molecule has 0 aliphatic heterocycles. The van der Waals surface area contributed by atoms with Gasteiger partial charge in [0.05, 0.1) is 4.92 Å². The number of nitrogens with zero attached hydrogens (tertiary/aromatic N) is 1. The molecule has 0 amide bonds. The second-order valence-electron chi connectivity index (χ2n) is 3.78. The Balaban J connectivity index is 3.11. The van der Waals surface area contributed by atoms with Gasteiger partial charge in [0.15, 0.2) is 0 Å². The van der Waals surface area contributed by atoms with Crippen molar-refractivity contribution in [3.63, 3.8) is 0 Å². The lowest BCUT2D eigenvalue weighted by molar-refractivity contribution is -0.385. The number of aromatic carboxylic acids is 1. The van der Waals surface area contributed by atoms with Gasteiger partial charge in [-0.05, 0) is 12.5 Å². The van der Waals surface area contributed by atoms with Crippen LogP contribution in [0.25, 0.3) is 0 Å². The highest BCUT2D eigenvalue weighted by Crippen LogP contribution is 2.22. The minimum Gasteiger partial charge on any atom is -0.477 e. The molecular weight excluding hydrogens is 236 g/mol. The van der Waals surface area contributed by atoms with E-state index in [4.69, 9.17) is 5.11 Å². The Labute approximate surface area is 104 Å². The predicted molar refractivity (Wildman–Crippen MR) is 66.6 cm³/mol. The van der Waals surface area contributed by atoms with E-state index in [1.807, 2.05) is 6.92 Å². The molecule has 0 aliphatic carbocycles. The molecule has 0 fully saturated rings. The highest BCUT2D eigenvalue weighted by molar-refractivity contribution is 5.94. The van der Waals surface area contributed by atoms with Gasteiger partial charge in [0.2, 0.25) is 0 Å². The molecule has 0 aliphatic rings. The van der Waals surface area contributed by atoms with Crippen LogP contribution in [0.4, 0.5) is 5.69 Å². The zero-order valence-corrected chi connectivity index (χ0v) is 9.92. The number of benzene rings is 1. The molecule has 0 heterocycles. The summed E-state index contributed by atoms with van der Waals surface area (Å²) in [6, 6.07) is 4.20. The van der Waals surface area contributed by atoms with Gasteiger partial charge < -0.3 is 10.4 Å². The Hall–Kier alpha value is -2.21. The van der Waals surface area contributed by atoms with Gasteiger partial charge >= 0.3 is 5.97 Å². The van der Waals surface area contributed by atoms with Crippen LogP contribution in [0.1, 0.15) is 22.8 Å². The van der Waals surface area contributed by atoms with E-state index in [2.05, 4.69) is 11.9 Å². The molecule has 6 heteroatoms. The number of nitro benzene ring substituents is 1. The first-order valence-electron chi connectivity index (χ1n) is 5.33. The summed E-state index contributed by atoms with van der Waals surface area (Å²) in [4.78, 5) is 21.2. The molecule has 0 radical (unpaired) electrons. The number of carbonyl (C=O) groups is 1. The van der Waals surface area contributed by atoms with E-state index in [1.54, 1.807) is 12.1 Å². The van der Waals surface area contributed by atoms with Crippen molar-refractivity contribution < 1.29 is 14.8 Å². The molecule has 1 aromatic carbocycles. The standard InChI is InChI=1S/C12H14N2O4/c1-3-8(2)13-7-9-5-4-6-10(14(17)18)11(9)12(15)16/h3-6,8,13H,1,7H2,2H3,(H,15,16). The molecule has 2 N–H and O–H groups in total. The summed E-state index contributed by atoms with van der Waals surface area (Å²) < 4.78 is 0. The minimum absolute atomic E-state index is 0.00842. The second-order valence-corrected chi connectivity index (χ2v) is 3.78. The topological polar surface area (TPSA) is 92.5 Å². The molecule has 1 rings (SSSR count). The van der Waals surface area contributed by atoms with Crippen molar-refractivity contribution in [1.29, 1.82) is 0 Å². The maximum atomic E-state index is 11.1. The van der Waals surface area contributed by atoms with Crippen molar-refractivity contribution >= 4 is 11.7 Å². The first-order chi connectivity index (χ1) is 8.47. The largest absolute Gasteiger partial charge is 0.477 e. The first kappa shape index (κ1) is 13.9. The fourth-order valence-corrected chi connectivity index (χ4v) is 1.49. The summed E-state index contributed by atoms with van der Waals surface area (Å²) in [5, 5.41) is 22.8. The lowest BCUT2D eigenvalue weighted by Crippen LogP contribution is -2.24. The molecule has 1 atom stereocenters. The van der Waals surface area contributed by atoms with Crippen molar-refractivity contribution in [1.82, 2.24) is 5.32 Å². The quantitative estimate of drug-likeness (QED) is 0.457. The smallest absolute Gasteiger partial charge is 0.343 e. The monoisotopic (exact) mass is 250 g/mol. The molecule has 0 saturated heterocycles. The number of nitrogens with one attached hydrogen (secondary N) is 1. The van der Waals surface area contributed by atoms with Crippen LogP contribution < -0.4 is 5.32 Å². The van der Waals surface area contributed by atoms with Crippen LogP contribution in [0.3, 0.4) is 0 Å². The Morgan fingerprint density at radius 3 is 2.83 bits per heavy atom. The number of hydrogen-bond donors (Lipinski definition) is 2. The second kappa shape index (κ2) is 5.92. The number of carboxylic acids is 1. The maximum Gasteiger partial charge on any atom is 0.343 e. The summed E-state index contributed by atoms with van der Waals surface area (Å²) in [5.41, 5.74) is -0.287. The van der Waals surface area contributed by atoms with Crippen LogP contribution in [-0.2, 0) is 6.54 Å². The average Bonchev–Trinajstić information content (AvgIpc) is 2.34. The van der Waals surface area contributed by atoms with Crippen LogP contribution in [-0.4, -0.2) is 22.0 Å². The molecular formula is C12H14N2O4. The lowest BCUT2D eigenvalue weighted by Gasteiger charge is -2.11. The zero-order chi connectivity index (χ0) is 13.7. The van der Waals surface area contributed by atoms with Gasteiger partial charge in [0.1, 0.15) is 5.56 Å². The highest BCUT2D eigenvalue weighted by Gasteiger charge is 2.23. The Morgan fingerprint density at radius 1 is 1.67 bits per heavy atom. The number of carboxylic acid groups (broad SMARTS) is 1. The van der Waals surface area contributed by atoms with Gasteiger partial charge in [-0.1, -0.05) is 18.2 Å². The Morgan fingerprint density at radius 2 is 2.33 bits per heavy atom. The van der Waals surface area contributed by atoms with E-state index in [9.17, 15) is 14.9 Å². The van der Waals surface area contributed by atoms with Gasteiger partial charge in [-0.25, -0.2) is 4.79 Å². The van der Waals surface area contributed by atoms with Gasteiger partial charge in [-0.15, -0.1) is 6.58 Å². The van der Waals surface area contributed by atoms with Crippen LogP contribution in [0.15, 0.2) is 30.9 Å². The van der Waals surface area contributed by atoms with Crippen LogP contribution in [0, 0.1) is 10.1 Å². The van der Waals surface area contributed by atoms with Crippen molar-refractivity contribution in [3.8, 4) is 0 Å². The van der Waals surface area contributed by atoms with Crippen molar-refractivity contribution in [2.24, 2.45) is 0 Å². The van der Waals surface area contributed by atoms with E-state index >= 15 is 0 Å². The zero-order valence-electron chi connectivity index (χ0n) is 9.92. The average molecular weight is 250 g/mol. The van der Waals surface area contributed by atoms with Crippen LogP contribution >= 0.6 is 0 Å². The van der Waals surface area contributed by atoms with Crippen LogP contribution in [0.5, 0.6) is 0 Å². The molecule has 18 heavy (non-hydrogen) atoms. The van der Waals surface area contributed by atoms with Crippen molar-refractivity contribution in [2.45, 2.75) is 19.5 Å². The molecule has 0 spiro atoms. The van der Waals surface area contributed by atoms with E-state index in [1.165, 1.54) is 12.1 Å². The van der Waals surface area contributed by atoms with Crippen molar-refractivity contribution in [3.05, 3.63) is 52.1 Å².